The zero-order valence-electron chi connectivity index (χ0n) is 13.6. The van der Waals surface area contributed by atoms with E-state index in [0.29, 0.717) is 12.7 Å². The van der Waals surface area contributed by atoms with E-state index < -0.39 is 8.32 Å². The predicted octanol–water partition coefficient (Wildman–Crippen LogP) is 4.03. The molecule has 1 atom stereocenters. The van der Waals surface area contributed by atoms with Gasteiger partial charge in [-0.3, -0.25) is 0 Å². The molecule has 0 aliphatic carbocycles. The molecule has 0 bridgehead atoms. The number of hydrogen-bond donors (Lipinski definition) is 0. The van der Waals surface area contributed by atoms with Crippen LogP contribution in [0.2, 0.25) is 18.1 Å². The highest BCUT2D eigenvalue weighted by molar-refractivity contribution is 6.73. The molecule has 1 heterocycles. The van der Waals surface area contributed by atoms with E-state index in [1.54, 1.807) is 0 Å². The Kier molecular flexibility index (Phi) is 6.27. The highest BCUT2D eigenvalue weighted by atomic mass is 28.4. The van der Waals surface area contributed by atoms with Crippen molar-refractivity contribution in [3.05, 3.63) is 29.8 Å². The van der Waals surface area contributed by atoms with Gasteiger partial charge in [-0.15, -0.1) is 0 Å². The molecule has 0 saturated carbocycles. The summed E-state index contributed by atoms with van der Waals surface area (Å²) in [5, 5.41) is 0. The molecule has 1 unspecified atom stereocenters. The van der Waals surface area contributed by atoms with E-state index in [2.05, 4.69) is 45.0 Å². The Bertz CT molecular complexity index is 411. The number of ether oxygens (including phenoxy) is 2. The average molecular weight is 308 g/mol. The van der Waals surface area contributed by atoms with Crippen LogP contribution >= 0.6 is 0 Å². The highest BCUT2D eigenvalue weighted by Crippen LogP contribution is 2.25. The SMILES string of the molecule is CCO[Si](CC)(CC)CCc1ccc(OCC2CO2)cc1. The summed E-state index contributed by atoms with van der Waals surface area (Å²) in [6.45, 7) is 9.04. The Morgan fingerprint density at radius 2 is 1.81 bits per heavy atom. The maximum atomic E-state index is 6.15. The number of benzene rings is 1. The molecular formula is C17H28O3Si. The van der Waals surface area contributed by atoms with Crippen LogP contribution in [-0.2, 0) is 15.6 Å². The predicted molar refractivity (Wildman–Crippen MR) is 88.5 cm³/mol. The molecule has 0 N–H and O–H groups in total. The minimum absolute atomic E-state index is 0.316. The first-order chi connectivity index (χ1) is 10.2. The summed E-state index contributed by atoms with van der Waals surface area (Å²) in [5.74, 6) is 0.938. The van der Waals surface area contributed by atoms with Crippen molar-refractivity contribution in [1.82, 2.24) is 0 Å². The van der Waals surface area contributed by atoms with Crippen molar-refractivity contribution >= 4 is 8.32 Å². The van der Waals surface area contributed by atoms with Gasteiger partial charge in [0.25, 0.3) is 0 Å². The normalized spacial score (nSPS) is 17.8. The fraction of sp³-hybridized carbons (Fsp3) is 0.647. The van der Waals surface area contributed by atoms with Crippen LogP contribution in [0, 0.1) is 0 Å². The van der Waals surface area contributed by atoms with Gasteiger partial charge < -0.3 is 13.9 Å². The summed E-state index contributed by atoms with van der Waals surface area (Å²) in [7, 11) is -1.51. The van der Waals surface area contributed by atoms with Crippen LogP contribution in [-0.4, -0.2) is 34.2 Å². The molecule has 4 heteroatoms. The molecule has 1 fully saturated rings. The number of epoxide rings is 1. The molecule has 0 spiro atoms. The molecule has 118 valence electrons. The lowest BCUT2D eigenvalue weighted by Gasteiger charge is -2.28. The average Bonchev–Trinajstić information content (AvgIpc) is 3.35. The van der Waals surface area contributed by atoms with E-state index in [-0.39, 0.29) is 0 Å². The Hall–Kier alpha value is -0.843. The maximum Gasteiger partial charge on any atom is 0.192 e. The smallest absolute Gasteiger partial charge is 0.192 e. The lowest BCUT2D eigenvalue weighted by atomic mass is 10.2. The van der Waals surface area contributed by atoms with Crippen molar-refractivity contribution in [2.45, 2.75) is 51.4 Å². The van der Waals surface area contributed by atoms with Gasteiger partial charge in [-0.1, -0.05) is 26.0 Å². The van der Waals surface area contributed by atoms with Gasteiger partial charge in [0.15, 0.2) is 8.32 Å². The Morgan fingerprint density at radius 1 is 1.14 bits per heavy atom. The van der Waals surface area contributed by atoms with Gasteiger partial charge >= 0.3 is 0 Å². The van der Waals surface area contributed by atoms with E-state index in [0.717, 1.165) is 25.4 Å². The number of aryl methyl sites for hydroxylation is 1. The monoisotopic (exact) mass is 308 g/mol. The lowest BCUT2D eigenvalue weighted by molar-refractivity contribution is 0.263. The van der Waals surface area contributed by atoms with Gasteiger partial charge in [0, 0.05) is 6.61 Å². The zero-order chi connectivity index (χ0) is 15.1. The minimum Gasteiger partial charge on any atom is -0.491 e. The first-order valence-corrected chi connectivity index (χ1v) is 10.7. The van der Waals surface area contributed by atoms with Crippen molar-refractivity contribution in [2.75, 3.05) is 19.8 Å². The Labute approximate surface area is 129 Å². The quantitative estimate of drug-likeness (QED) is 0.483. The van der Waals surface area contributed by atoms with Crippen molar-refractivity contribution in [3.8, 4) is 5.75 Å². The van der Waals surface area contributed by atoms with E-state index in [4.69, 9.17) is 13.9 Å². The Balaban J connectivity index is 1.83. The van der Waals surface area contributed by atoms with E-state index in [9.17, 15) is 0 Å². The van der Waals surface area contributed by atoms with Crippen molar-refractivity contribution in [3.63, 3.8) is 0 Å². The third kappa shape index (κ3) is 5.13. The van der Waals surface area contributed by atoms with Gasteiger partial charge in [-0.25, -0.2) is 0 Å². The van der Waals surface area contributed by atoms with Crippen LogP contribution < -0.4 is 4.74 Å². The molecule has 1 aliphatic heterocycles. The largest absolute Gasteiger partial charge is 0.491 e. The molecule has 1 saturated heterocycles. The van der Waals surface area contributed by atoms with Gasteiger partial charge in [0.2, 0.25) is 0 Å². The number of rotatable bonds is 10. The van der Waals surface area contributed by atoms with E-state index in [1.165, 1.54) is 23.7 Å². The number of hydrogen-bond acceptors (Lipinski definition) is 3. The first-order valence-electron chi connectivity index (χ1n) is 8.18. The second kappa shape index (κ2) is 7.97. The topological polar surface area (TPSA) is 31.0 Å². The molecule has 2 rings (SSSR count). The summed E-state index contributed by atoms with van der Waals surface area (Å²) in [5.41, 5.74) is 1.38. The summed E-state index contributed by atoms with van der Waals surface area (Å²) >= 11 is 0. The maximum absolute atomic E-state index is 6.15. The molecule has 0 radical (unpaired) electrons. The van der Waals surface area contributed by atoms with Gasteiger partial charge in [-0.2, -0.15) is 0 Å². The van der Waals surface area contributed by atoms with Crippen LogP contribution in [0.4, 0.5) is 0 Å². The second-order valence-electron chi connectivity index (χ2n) is 5.73. The minimum atomic E-state index is -1.51. The molecule has 0 amide bonds. The molecule has 21 heavy (non-hydrogen) atoms. The van der Waals surface area contributed by atoms with Gasteiger partial charge in [0.05, 0.1) is 6.61 Å². The molecule has 1 aromatic carbocycles. The van der Waals surface area contributed by atoms with Crippen molar-refractivity contribution in [2.24, 2.45) is 0 Å². The Morgan fingerprint density at radius 3 is 2.33 bits per heavy atom. The van der Waals surface area contributed by atoms with Crippen molar-refractivity contribution < 1.29 is 13.9 Å². The molecular weight excluding hydrogens is 280 g/mol. The summed E-state index contributed by atoms with van der Waals surface area (Å²) in [6.07, 6.45) is 1.43. The summed E-state index contributed by atoms with van der Waals surface area (Å²) in [6, 6.07) is 12.1. The molecule has 0 aromatic heterocycles. The molecule has 3 nitrogen and oxygen atoms in total. The van der Waals surface area contributed by atoms with Crippen LogP contribution in [0.15, 0.2) is 24.3 Å². The van der Waals surface area contributed by atoms with Crippen LogP contribution in [0.1, 0.15) is 26.3 Å². The summed E-state index contributed by atoms with van der Waals surface area (Å²) < 4.78 is 17.0. The van der Waals surface area contributed by atoms with E-state index in [1.807, 2.05) is 0 Å². The molecule has 1 aromatic rings. The van der Waals surface area contributed by atoms with E-state index >= 15 is 0 Å². The highest BCUT2D eigenvalue weighted by Gasteiger charge is 2.29. The third-order valence-corrected chi connectivity index (χ3v) is 9.01. The van der Waals surface area contributed by atoms with Crippen LogP contribution in [0.5, 0.6) is 5.75 Å². The van der Waals surface area contributed by atoms with Gasteiger partial charge in [0.1, 0.15) is 18.5 Å². The standard InChI is InChI=1S/C17H28O3Si/c1-4-20-21(5-2,6-3)12-11-15-7-9-16(10-8-15)18-13-17-14-19-17/h7-10,17H,4-6,11-14H2,1-3H3. The van der Waals surface area contributed by atoms with Crippen molar-refractivity contribution in [1.29, 1.82) is 0 Å². The zero-order valence-corrected chi connectivity index (χ0v) is 14.6. The third-order valence-electron chi connectivity index (χ3n) is 4.37. The fourth-order valence-electron chi connectivity index (χ4n) is 2.66. The second-order valence-corrected chi connectivity index (χ2v) is 10.3. The first kappa shape index (κ1) is 16.5. The fourth-order valence-corrected chi connectivity index (χ4v) is 5.78. The van der Waals surface area contributed by atoms with Gasteiger partial charge in [-0.05, 0) is 49.2 Å². The summed E-state index contributed by atoms with van der Waals surface area (Å²) in [4.78, 5) is 0. The lowest BCUT2D eigenvalue weighted by Crippen LogP contribution is -2.37. The molecule has 1 aliphatic rings. The van der Waals surface area contributed by atoms with Crippen LogP contribution in [0.25, 0.3) is 0 Å². The van der Waals surface area contributed by atoms with Crippen LogP contribution in [0.3, 0.4) is 0 Å².